The van der Waals surface area contributed by atoms with E-state index in [4.69, 9.17) is 14.4 Å². The van der Waals surface area contributed by atoms with Crippen LogP contribution in [-0.4, -0.2) is 46.7 Å². The van der Waals surface area contributed by atoms with Crippen molar-refractivity contribution in [3.05, 3.63) is 11.8 Å². The Morgan fingerprint density at radius 3 is 2.76 bits per heavy atom. The van der Waals surface area contributed by atoms with Crippen molar-refractivity contribution in [1.29, 1.82) is 0 Å². The molecule has 1 N–H and O–H groups in total. The summed E-state index contributed by atoms with van der Waals surface area (Å²) in [6.45, 7) is 2.83. The third-order valence-electron chi connectivity index (χ3n) is 2.28. The molecule has 1 rings (SSSR count). The van der Waals surface area contributed by atoms with Gasteiger partial charge in [-0.3, -0.25) is 4.79 Å². The predicted octanol–water partition coefficient (Wildman–Crippen LogP) is 0.293. The van der Waals surface area contributed by atoms with E-state index in [0.29, 0.717) is 5.76 Å². The van der Waals surface area contributed by atoms with Gasteiger partial charge in [-0.15, -0.1) is 0 Å². The second-order valence-corrected chi connectivity index (χ2v) is 3.58. The van der Waals surface area contributed by atoms with Gasteiger partial charge in [0.2, 0.25) is 0 Å². The van der Waals surface area contributed by atoms with Crippen molar-refractivity contribution in [2.24, 2.45) is 0 Å². The van der Waals surface area contributed by atoms with E-state index in [2.05, 4.69) is 5.16 Å². The van der Waals surface area contributed by atoms with Crippen LogP contribution in [0.25, 0.3) is 0 Å². The molecule has 0 aliphatic rings. The molecular weight excluding hydrogens is 228 g/mol. The molecule has 7 nitrogen and oxygen atoms in total. The van der Waals surface area contributed by atoms with Crippen LogP contribution >= 0.6 is 0 Å². The third kappa shape index (κ3) is 3.47. The normalized spacial score (nSPS) is 11.9. The van der Waals surface area contributed by atoms with Gasteiger partial charge < -0.3 is 19.3 Å². The highest BCUT2D eigenvalue weighted by molar-refractivity contribution is 5.83. The van der Waals surface area contributed by atoms with Gasteiger partial charge in [0.1, 0.15) is 11.8 Å². The van der Waals surface area contributed by atoms with Crippen LogP contribution in [-0.2, 0) is 9.59 Å². The Balaban J connectivity index is 2.47. The Morgan fingerprint density at radius 2 is 2.29 bits per heavy atom. The van der Waals surface area contributed by atoms with Gasteiger partial charge in [0.25, 0.3) is 11.8 Å². The Morgan fingerprint density at radius 1 is 1.65 bits per heavy atom. The van der Waals surface area contributed by atoms with Crippen molar-refractivity contribution in [3.63, 3.8) is 0 Å². The number of hydrogen-bond donors (Lipinski definition) is 1. The molecule has 0 spiro atoms. The summed E-state index contributed by atoms with van der Waals surface area (Å²) in [6.07, 6.45) is 0. The van der Waals surface area contributed by atoms with Crippen LogP contribution in [0.4, 0.5) is 0 Å². The van der Waals surface area contributed by atoms with E-state index in [1.165, 1.54) is 20.0 Å². The number of carboxylic acids is 1. The maximum Gasteiger partial charge on any atom is 0.326 e. The molecule has 0 aliphatic carbocycles. The van der Waals surface area contributed by atoms with Gasteiger partial charge in [-0.1, -0.05) is 0 Å². The molecular formula is C10H14N2O5. The maximum absolute atomic E-state index is 11.5. The number of aromatic nitrogens is 1. The zero-order chi connectivity index (χ0) is 13.0. The molecule has 0 aliphatic heterocycles. The molecule has 1 unspecified atom stereocenters. The van der Waals surface area contributed by atoms with Crippen LogP contribution in [0.5, 0.6) is 5.88 Å². The second kappa shape index (κ2) is 5.33. The fourth-order valence-corrected chi connectivity index (χ4v) is 1.03. The van der Waals surface area contributed by atoms with Crippen molar-refractivity contribution >= 4 is 11.9 Å². The minimum atomic E-state index is -1.07. The number of aryl methyl sites for hydroxylation is 1. The quantitative estimate of drug-likeness (QED) is 0.797. The number of likely N-dealkylation sites (N-methyl/N-ethyl adjacent to an activating group) is 1. The van der Waals surface area contributed by atoms with E-state index in [9.17, 15) is 9.59 Å². The zero-order valence-electron chi connectivity index (χ0n) is 9.84. The van der Waals surface area contributed by atoms with Crippen LogP contribution < -0.4 is 4.74 Å². The van der Waals surface area contributed by atoms with Gasteiger partial charge in [0.15, 0.2) is 6.61 Å². The highest BCUT2D eigenvalue weighted by Crippen LogP contribution is 2.09. The Kier molecular flexibility index (Phi) is 4.08. The molecule has 0 saturated heterocycles. The SMILES string of the molecule is Cc1cc(OCC(=O)N(C)C(C)C(=O)O)no1. The van der Waals surface area contributed by atoms with Crippen molar-refractivity contribution in [2.75, 3.05) is 13.7 Å². The minimum absolute atomic E-state index is 0.201. The summed E-state index contributed by atoms with van der Waals surface area (Å²) in [6, 6.07) is 0.638. The first-order valence-corrected chi connectivity index (χ1v) is 4.96. The molecule has 17 heavy (non-hydrogen) atoms. The summed E-state index contributed by atoms with van der Waals surface area (Å²) < 4.78 is 9.80. The monoisotopic (exact) mass is 242 g/mol. The fraction of sp³-hybridized carbons (Fsp3) is 0.500. The van der Waals surface area contributed by atoms with E-state index in [1.54, 1.807) is 6.92 Å². The van der Waals surface area contributed by atoms with Crippen LogP contribution in [0.3, 0.4) is 0 Å². The summed E-state index contributed by atoms with van der Waals surface area (Å²) in [5.41, 5.74) is 0. The van der Waals surface area contributed by atoms with E-state index in [-0.39, 0.29) is 12.5 Å². The minimum Gasteiger partial charge on any atom is -0.480 e. The van der Waals surface area contributed by atoms with Gasteiger partial charge in [-0.25, -0.2) is 4.79 Å². The van der Waals surface area contributed by atoms with Crippen LogP contribution in [0.2, 0.25) is 0 Å². The Bertz CT molecular complexity index is 415. The lowest BCUT2D eigenvalue weighted by Gasteiger charge is -2.20. The number of carboxylic acid groups (broad SMARTS) is 1. The number of aliphatic carboxylic acids is 1. The zero-order valence-corrected chi connectivity index (χ0v) is 9.84. The topological polar surface area (TPSA) is 92.9 Å². The highest BCUT2D eigenvalue weighted by atomic mass is 16.5. The van der Waals surface area contributed by atoms with E-state index >= 15 is 0 Å². The van der Waals surface area contributed by atoms with E-state index < -0.39 is 17.9 Å². The van der Waals surface area contributed by atoms with Gasteiger partial charge in [-0.2, -0.15) is 0 Å². The average molecular weight is 242 g/mol. The first-order chi connectivity index (χ1) is 7.91. The molecule has 7 heteroatoms. The Hall–Kier alpha value is -2.05. The molecule has 0 bridgehead atoms. The number of ether oxygens (including phenoxy) is 1. The maximum atomic E-state index is 11.5. The molecule has 94 valence electrons. The standard InChI is InChI=1S/C10H14N2O5/c1-6-4-8(11-17-6)16-5-9(13)12(3)7(2)10(14)15/h4,7H,5H2,1-3H3,(H,14,15). The molecule has 1 aromatic heterocycles. The summed E-state index contributed by atoms with van der Waals surface area (Å²) in [7, 11) is 1.40. The van der Waals surface area contributed by atoms with Crippen molar-refractivity contribution in [3.8, 4) is 5.88 Å². The van der Waals surface area contributed by atoms with Crippen LogP contribution in [0.15, 0.2) is 10.6 Å². The number of hydrogen-bond acceptors (Lipinski definition) is 5. The van der Waals surface area contributed by atoms with E-state index in [1.807, 2.05) is 0 Å². The summed E-state index contributed by atoms with van der Waals surface area (Å²) in [5, 5.41) is 12.3. The lowest BCUT2D eigenvalue weighted by molar-refractivity contribution is -0.149. The third-order valence-corrected chi connectivity index (χ3v) is 2.28. The van der Waals surface area contributed by atoms with Crippen LogP contribution in [0, 0.1) is 6.92 Å². The van der Waals surface area contributed by atoms with Gasteiger partial charge in [0.05, 0.1) is 0 Å². The smallest absolute Gasteiger partial charge is 0.326 e. The van der Waals surface area contributed by atoms with Gasteiger partial charge in [-0.05, 0) is 19.0 Å². The highest BCUT2D eigenvalue weighted by Gasteiger charge is 2.22. The predicted molar refractivity (Wildman–Crippen MR) is 56.6 cm³/mol. The van der Waals surface area contributed by atoms with Crippen molar-refractivity contribution in [2.45, 2.75) is 19.9 Å². The molecule has 0 fully saturated rings. The lowest BCUT2D eigenvalue weighted by Crippen LogP contribution is -2.42. The largest absolute Gasteiger partial charge is 0.480 e. The molecule has 0 radical (unpaired) electrons. The average Bonchev–Trinajstić information content (AvgIpc) is 2.69. The molecule has 0 aromatic carbocycles. The molecule has 0 saturated carbocycles. The first kappa shape index (κ1) is 13.0. The Labute approximate surface area is 97.9 Å². The van der Waals surface area contributed by atoms with Crippen molar-refractivity contribution < 1.29 is 24.0 Å². The fourth-order valence-electron chi connectivity index (χ4n) is 1.03. The summed E-state index contributed by atoms with van der Waals surface area (Å²) in [5.74, 6) is -0.745. The molecule has 1 atom stereocenters. The number of carbonyl (C=O) groups is 2. The molecule has 1 aromatic rings. The van der Waals surface area contributed by atoms with Gasteiger partial charge >= 0.3 is 5.97 Å². The summed E-state index contributed by atoms with van der Waals surface area (Å²) in [4.78, 5) is 23.3. The van der Waals surface area contributed by atoms with Gasteiger partial charge in [0, 0.05) is 13.1 Å². The lowest BCUT2D eigenvalue weighted by atomic mass is 10.3. The number of rotatable bonds is 5. The van der Waals surface area contributed by atoms with Crippen molar-refractivity contribution in [1.82, 2.24) is 10.1 Å². The second-order valence-electron chi connectivity index (χ2n) is 3.58. The number of amides is 1. The molecule has 1 amide bonds. The molecule has 1 heterocycles. The number of nitrogens with zero attached hydrogens (tertiary/aromatic N) is 2. The van der Waals surface area contributed by atoms with Crippen LogP contribution in [0.1, 0.15) is 12.7 Å². The van der Waals surface area contributed by atoms with E-state index in [0.717, 1.165) is 4.90 Å². The summed E-state index contributed by atoms with van der Waals surface area (Å²) >= 11 is 0. The number of carbonyl (C=O) groups excluding carboxylic acids is 1. The first-order valence-electron chi connectivity index (χ1n) is 4.96.